The molecule has 0 aliphatic heterocycles. The van der Waals surface area contributed by atoms with Gasteiger partial charge in [-0.15, -0.1) is 0 Å². The highest BCUT2D eigenvalue weighted by Gasteiger charge is 2.26. The van der Waals surface area contributed by atoms with Crippen molar-refractivity contribution in [2.24, 2.45) is 0 Å². The number of nitro benzene ring substituents is 1. The van der Waals surface area contributed by atoms with E-state index in [2.05, 4.69) is 11.9 Å². The number of nitrogens with one attached hydrogen (secondary N) is 1. The standard InChI is InChI=1S/C27H38N2O9S/c1-21(2)27(3,4)25-19-24(39(32,33)34)9-10-26(25)28-11-12-35-13-14-36-15-16-37-17-18-38-20-22-5-7-23(8-6-22)29(30)31/h5-10,19,28H,1,11-18,20H2,2-4H3,(H,32,33,34). The molecular formula is C27H38N2O9S. The van der Waals surface area contributed by atoms with Crippen LogP contribution in [0.5, 0.6) is 0 Å². The van der Waals surface area contributed by atoms with E-state index in [0.717, 1.165) is 16.8 Å². The summed E-state index contributed by atoms with van der Waals surface area (Å²) in [5, 5.41) is 13.9. The number of rotatable bonds is 19. The third-order valence-electron chi connectivity index (χ3n) is 6.12. The minimum Gasteiger partial charge on any atom is -0.382 e. The molecule has 2 aromatic carbocycles. The van der Waals surface area contributed by atoms with Gasteiger partial charge in [0.25, 0.3) is 15.8 Å². The molecule has 0 aliphatic rings. The summed E-state index contributed by atoms with van der Waals surface area (Å²) in [5.74, 6) is 0. The van der Waals surface area contributed by atoms with Crippen LogP contribution in [0.1, 0.15) is 31.9 Å². The molecule has 0 saturated heterocycles. The molecule has 216 valence electrons. The molecule has 0 aliphatic carbocycles. The zero-order chi connectivity index (χ0) is 28.9. The molecule has 0 atom stereocenters. The van der Waals surface area contributed by atoms with Crippen LogP contribution < -0.4 is 5.32 Å². The van der Waals surface area contributed by atoms with E-state index in [4.69, 9.17) is 18.9 Å². The summed E-state index contributed by atoms with van der Waals surface area (Å²) >= 11 is 0. The largest absolute Gasteiger partial charge is 0.382 e. The van der Waals surface area contributed by atoms with Crippen molar-refractivity contribution in [3.8, 4) is 0 Å². The molecule has 0 fully saturated rings. The number of allylic oxidation sites excluding steroid dienone is 1. The van der Waals surface area contributed by atoms with Gasteiger partial charge in [-0.1, -0.05) is 26.0 Å². The minimum absolute atomic E-state index is 0.0486. The molecule has 39 heavy (non-hydrogen) atoms. The van der Waals surface area contributed by atoms with E-state index >= 15 is 0 Å². The zero-order valence-corrected chi connectivity index (χ0v) is 23.5. The first-order valence-corrected chi connectivity index (χ1v) is 13.9. The lowest BCUT2D eigenvalue weighted by atomic mass is 9.78. The maximum Gasteiger partial charge on any atom is 0.294 e. The van der Waals surface area contributed by atoms with Crippen LogP contribution in [0, 0.1) is 10.1 Å². The van der Waals surface area contributed by atoms with Crippen molar-refractivity contribution in [3.05, 3.63) is 75.9 Å². The number of hydrogen-bond acceptors (Lipinski definition) is 9. The van der Waals surface area contributed by atoms with Crippen molar-refractivity contribution in [3.63, 3.8) is 0 Å². The molecule has 0 heterocycles. The molecule has 11 nitrogen and oxygen atoms in total. The van der Waals surface area contributed by atoms with Gasteiger partial charge in [0.05, 0.1) is 62.7 Å². The molecule has 0 saturated carbocycles. The second-order valence-corrected chi connectivity index (χ2v) is 10.7. The Morgan fingerprint density at radius 2 is 1.49 bits per heavy atom. The number of nitrogens with zero attached hydrogens (tertiary/aromatic N) is 1. The molecule has 2 N–H and O–H groups in total. The van der Waals surface area contributed by atoms with Crippen molar-refractivity contribution >= 4 is 21.5 Å². The Morgan fingerprint density at radius 3 is 2.00 bits per heavy atom. The average molecular weight is 567 g/mol. The second-order valence-electron chi connectivity index (χ2n) is 9.33. The molecular weight excluding hydrogens is 528 g/mol. The highest BCUT2D eigenvalue weighted by atomic mass is 32.2. The van der Waals surface area contributed by atoms with Crippen molar-refractivity contribution < 1.29 is 36.8 Å². The summed E-state index contributed by atoms with van der Waals surface area (Å²) < 4.78 is 54.7. The van der Waals surface area contributed by atoms with Gasteiger partial charge in [-0.05, 0) is 48.4 Å². The van der Waals surface area contributed by atoms with Gasteiger partial charge in [0.15, 0.2) is 0 Å². The number of hydrogen-bond donors (Lipinski definition) is 2. The van der Waals surface area contributed by atoms with Crippen molar-refractivity contribution in [1.82, 2.24) is 0 Å². The summed E-state index contributed by atoms with van der Waals surface area (Å²) in [7, 11) is -4.32. The lowest BCUT2D eigenvalue weighted by molar-refractivity contribution is -0.384. The van der Waals surface area contributed by atoms with Crippen LogP contribution in [0.3, 0.4) is 0 Å². The normalized spacial score (nSPS) is 11.9. The molecule has 2 aromatic rings. The maximum atomic E-state index is 11.6. The number of anilines is 1. The predicted molar refractivity (Wildman–Crippen MR) is 148 cm³/mol. The van der Waals surface area contributed by atoms with Gasteiger partial charge in [-0.3, -0.25) is 14.7 Å². The van der Waals surface area contributed by atoms with Crippen LogP contribution in [0.25, 0.3) is 0 Å². The summed E-state index contributed by atoms with van der Waals surface area (Å²) in [4.78, 5) is 10.0. The van der Waals surface area contributed by atoms with E-state index < -0.39 is 20.5 Å². The van der Waals surface area contributed by atoms with E-state index in [9.17, 15) is 23.1 Å². The lowest BCUT2D eigenvalue weighted by Gasteiger charge is -2.29. The van der Waals surface area contributed by atoms with Crippen LogP contribution in [0.15, 0.2) is 59.5 Å². The number of non-ortho nitro benzene ring substituents is 1. The summed E-state index contributed by atoms with van der Waals surface area (Å²) in [6.07, 6.45) is 0. The first-order chi connectivity index (χ1) is 18.4. The van der Waals surface area contributed by atoms with Crippen LogP contribution in [-0.2, 0) is 41.1 Å². The number of ether oxygens (including phenoxy) is 4. The molecule has 0 unspecified atom stereocenters. The van der Waals surface area contributed by atoms with Gasteiger partial charge in [0.2, 0.25) is 0 Å². The Labute approximate surface area is 230 Å². The highest BCUT2D eigenvalue weighted by molar-refractivity contribution is 7.85. The number of benzene rings is 2. The first kappa shape index (κ1) is 32.3. The van der Waals surface area contributed by atoms with E-state index in [-0.39, 0.29) is 10.6 Å². The monoisotopic (exact) mass is 566 g/mol. The Balaban J connectivity index is 1.56. The second kappa shape index (κ2) is 15.7. The topological polar surface area (TPSA) is 146 Å². The van der Waals surface area contributed by atoms with E-state index in [0.29, 0.717) is 65.0 Å². The van der Waals surface area contributed by atoms with Gasteiger partial charge < -0.3 is 24.3 Å². The van der Waals surface area contributed by atoms with Gasteiger partial charge in [0.1, 0.15) is 0 Å². The van der Waals surface area contributed by atoms with Crippen LogP contribution >= 0.6 is 0 Å². The fourth-order valence-corrected chi connectivity index (χ4v) is 3.91. The SMILES string of the molecule is C=C(C)C(C)(C)c1cc(S(=O)(=O)O)ccc1NCCOCCOCCOCCOCc1ccc([N+](=O)[O-])cc1. The van der Waals surface area contributed by atoms with Crippen LogP contribution in [0.2, 0.25) is 0 Å². The smallest absolute Gasteiger partial charge is 0.294 e. The van der Waals surface area contributed by atoms with Crippen LogP contribution in [-0.4, -0.2) is 70.7 Å². The lowest BCUT2D eigenvalue weighted by Crippen LogP contribution is -2.22. The van der Waals surface area contributed by atoms with E-state index in [1.165, 1.54) is 24.3 Å². The Bertz CT molecular complexity index is 1180. The third kappa shape index (κ3) is 11.0. The molecule has 0 radical (unpaired) electrons. The Kier molecular flexibility index (Phi) is 13.0. The van der Waals surface area contributed by atoms with E-state index in [1.807, 2.05) is 20.8 Å². The average Bonchev–Trinajstić information content (AvgIpc) is 2.88. The zero-order valence-electron chi connectivity index (χ0n) is 22.7. The third-order valence-corrected chi connectivity index (χ3v) is 6.97. The first-order valence-electron chi connectivity index (χ1n) is 12.5. The molecule has 12 heteroatoms. The maximum absolute atomic E-state index is 11.6. The fourth-order valence-electron chi connectivity index (χ4n) is 3.41. The molecule has 0 aromatic heterocycles. The Hall–Kier alpha value is -2.87. The minimum atomic E-state index is -4.32. The predicted octanol–water partition coefficient (Wildman–Crippen LogP) is 4.37. The van der Waals surface area contributed by atoms with Crippen LogP contribution in [0.4, 0.5) is 11.4 Å². The summed E-state index contributed by atoms with van der Waals surface area (Å²) in [5.41, 5.74) is 2.69. The molecule has 2 rings (SSSR count). The molecule has 0 spiro atoms. The van der Waals surface area contributed by atoms with Gasteiger partial charge in [-0.2, -0.15) is 8.42 Å². The quantitative estimate of drug-likeness (QED) is 0.0826. The summed E-state index contributed by atoms with van der Waals surface area (Å²) in [6.45, 7) is 13.5. The van der Waals surface area contributed by atoms with E-state index in [1.54, 1.807) is 18.2 Å². The van der Waals surface area contributed by atoms with Gasteiger partial charge >= 0.3 is 0 Å². The molecule has 0 bridgehead atoms. The number of nitro groups is 1. The Morgan fingerprint density at radius 1 is 0.949 bits per heavy atom. The van der Waals surface area contributed by atoms with Crippen molar-refractivity contribution in [2.45, 2.75) is 37.7 Å². The van der Waals surface area contributed by atoms with Crippen molar-refractivity contribution in [1.29, 1.82) is 0 Å². The van der Waals surface area contributed by atoms with Gasteiger partial charge in [0, 0.05) is 29.8 Å². The summed E-state index contributed by atoms with van der Waals surface area (Å²) in [6, 6.07) is 10.7. The molecule has 0 amide bonds. The van der Waals surface area contributed by atoms with Gasteiger partial charge in [-0.25, -0.2) is 0 Å². The highest BCUT2D eigenvalue weighted by Crippen LogP contribution is 2.36. The van der Waals surface area contributed by atoms with Crippen molar-refractivity contribution in [2.75, 3.05) is 58.1 Å². The fraction of sp³-hybridized carbons (Fsp3) is 0.481.